The second-order valence-electron chi connectivity index (χ2n) is 5.37. The molecule has 0 fully saturated rings. The van der Waals surface area contributed by atoms with Gasteiger partial charge in [-0.25, -0.2) is 19.6 Å². The molecule has 2 N–H and O–H groups in total. The molecule has 0 saturated heterocycles. The van der Waals surface area contributed by atoms with Gasteiger partial charge in [-0.15, -0.1) is 11.8 Å². The van der Waals surface area contributed by atoms with E-state index in [0.29, 0.717) is 28.9 Å². The standard InChI is InChI=1S/C17H20N4O6S/c1-10-13(15(28-3)21-14(19-10)11-5-4-7-26-11)16(23)27-9-12(22)20-17(24)18-6-8-25-2/h4-5,7H,6,8-9H2,1-3H3,(H2,18,20,22,24). The van der Waals surface area contributed by atoms with Crippen LogP contribution < -0.4 is 10.6 Å². The first kappa shape index (κ1) is 21.4. The molecule has 0 unspecified atom stereocenters. The number of aryl methyl sites for hydroxylation is 1. The third-order valence-electron chi connectivity index (χ3n) is 3.37. The quantitative estimate of drug-likeness (QED) is 0.288. The van der Waals surface area contributed by atoms with Crippen LogP contribution in [0.4, 0.5) is 4.79 Å². The fraction of sp³-hybridized carbons (Fsp3) is 0.353. The van der Waals surface area contributed by atoms with E-state index in [2.05, 4.69) is 15.3 Å². The number of ether oxygens (including phenoxy) is 2. The van der Waals surface area contributed by atoms with Crippen molar-refractivity contribution in [2.75, 3.05) is 33.1 Å². The molecule has 0 aromatic carbocycles. The fourth-order valence-electron chi connectivity index (χ4n) is 2.12. The van der Waals surface area contributed by atoms with Crippen molar-refractivity contribution >= 4 is 29.7 Å². The summed E-state index contributed by atoms with van der Waals surface area (Å²) in [5, 5.41) is 4.85. The number of thioether (sulfide) groups is 1. The largest absolute Gasteiger partial charge is 0.461 e. The van der Waals surface area contributed by atoms with Crippen LogP contribution in [0.3, 0.4) is 0 Å². The molecule has 3 amide bonds. The lowest BCUT2D eigenvalue weighted by molar-refractivity contribution is -0.123. The molecule has 150 valence electrons. The summed E-state index contributed by atoms with van der Waals surface area (Å²) in [6.45, 7) is 1.56. The second-order valence-corrected chi connectivity index (χ2v) is 6.16. The van der Waals surface area contributed by atoms with E-state index in [4.69, 9.17) is 13.9 Å². The summed E-state index contributed by atoms with van der Waals surface area (Å²) in [6, 6.07) is 2.71. The predicted octanol–water partition coefficient (Wildman–Crippen LogP) is 1.40. The number of imide groups is 1. The molecule has 2 rings (SSSR count). The Morgan fingerprint density at radius 1 is 1.29 bits per heavy atom. The van der Waals surface area contributed by atoms with Crippen molar-refractivity contribution < 1.29 is 28.3 Å². The molecule has 2 heterocycles. The van der Waals surface area contributed by atoms with E-state index in [1.165, 1.54) is 25.1 Å². The number of carbonyl (C=O) groups excluding carboxylic acids is 3. The third kappa shape index (κ3) is 5.79. The molecule has 0 spiro atoms. The lowest BCUT2D eigenvalue weighted by Crippen LogP contribution is -2.42. The Balaban J connectivity index is 2.00. The van der Waals surface area contributed by atoms with Gasteiger partial charge in [-0.05, 0) is 25.3 Å². The zero-order chi connectivity index (χ0) is 20.5. The van der Waals surface area contributed by atoms with E-state index < -0.39 is 24.5 Å². The van der Waals surface area contributed by atoms with Crippen LogP contribution in [0.1, 0.15) is 16.1 Å². The summed E-state index contributed by atoms with van der Waals surface area (Å²) in [5.41, 5.74) is 0.536. The first-order valence-electron chi connectivity index (χ1n) is 8.16. The van der Waals surface area contributed by atoms with Crippen LogP contribution in [0, 0.1) is 6.92 Å². The Morgan fingerprint density at radius 2 is 2.07 bits per heavy atom. The number of nitrogens with zero attached hydrogens (tertiary/aromatic N) is 2. The molecule has 0 aliphatic heterocycles. The molecule has 0 saturated carbocycles. The molecule has 28 heavy (non-hydrogen) atoms. The van der Waals surface area contributed by atoms with Crippen LogP contribution in [0.25, 0.3) is 11.6 Å². The molecule has 0 radical (unpaired) electrons. The van der Waals surface area contributed by atoms with Crippen molar-refractivity contribution in [2.24, 2.45) is 0 Å². The van der Waals surface area contributed by atoms with E-state index in [0.717, 1.165) is 0 Å². The lowest BCUT2D eigenvalue weighted by Gasteiger charge is -2.11. The van der Waals surface area contributed by atoms with E-state index in [1.807, 2.05) is 5.32 Å². The highest BCUT2D eigenvalue weighted by Gasteiger charge is 2.22. The number of furan rings is 1. The van der Waals surface area contributed by atoms with E-state index >= 15 is 0 Å². The monoisotopic (exact) mass is 408 g/mol. The first-order chi connectivity index (χ1) is 13.5. The first-order valence-corrected chi connectivity index (χ1v) is 9.39. The van der Waals surface area contributed by atoms with Crippen LogP contribution in [-0.4, -0.2) is 61.0 Å². The molecule has 0 bridgehead atoms. The van der Waals surface area contributed by atoms with E-state index in [1.54, 1.807) is 25.3 Å². The van der Waals surface area contributed by atoms with Gasteiger partial charge in [0.25, 0.3) is 5.91 Å². The van der Waals surface area contributed by atoms with Crippen LogP contribution in [0.15, 0.2) is 27.8 Å². The van der Waals surface area contributed by atoms with Crippen molar-refractivity contribution in [3.05, 3.63) is 29.7 Å². The van der Waals surface area contributed by atoms with Gasteiger partial charge in [0.15, 0.2) is 18.2 Å². The van der Waals surface area contributed by atoms with Crippen LogP contribution in [-0.2, 0) is 14.3 Å². The molecule has 2 aromatic heterocycles. The minimum Gasteiger partial charge on any atom is -0.461 e. The number of hydrogen-bond acceptors (Lipinski definition) is 9. The highest BCUT2D eigenvalue weighted by atomic mass is 32.2. The van der Waals surface area contributed by atoms with Crippen molar-refractivity contribution in [3.8, 4) is 11.6 Å². The zero-order valence-corrected chi connectivity index (χ0v) is 16.4. The number of methoxy groups -OCH3 is 1. The lowest BCUT2D eigenvalue weighted by atomic mass is 10.2. The topological polar surface area (TPSA) is 133 Å². The zero-order valence-electron chi connectivity index (χ0n) is 15.6. The molecule has 11 heteroatoms. The Bertz CT molecular complexity index is 840. The smallest absolute Gasteiger partial charge is 0.343 e. The molecule has 10 nitrogen and oxygen atoms in total. The maximum atomic E-state index is 12.4. The minimum atomic E-state index is -0.764. The number of carbonyl (C=O) groups is 3. The summed E-state index contributed by atoms with van der Waals surface area (Å²) >= 11 is 1.24. The molecule has 0 atom stereocenters. The SMILES string of the molecule is COCCNC(=O)NC(=O)COC(=O)c1c(C)nc(-c2ccco2)nc1SC. The van der Waals surface area contributed by atoms with E-state index in [-0.39, 0.29) is 12.1 Å². The highest BCUT2D eigenvalue weighted by Crippen LogP contribution is 2.25. The number of hydrogen-bond donors (Lipinski definition) is 2. The van der Waals surface area contributed by atoms with Gasteiger partial charge in [0.1, 0.15) is 10.6 Å². The average molecular weight is 408 g/mol. The predicted molar refractivity (Wildman–Crippen MR) is 100.0 cm³/mol. The van der Waals surface area contributed by atoms with Gasteiger partial charge < -0.3 is 19.2 Å². The number of amides is 3. The number of urea groups is 1. The Labute approximate surface area is 165 Å². The molecular formula is C17H20N4O6S. The normalized spacial score (nSPS) is 10.4. The van der Waals surface area contributed by atoms with Crippen LogP contribution in [0.5, 0.6) is 0 Å². The highest BCUT2D eigenvalue weighted by molar-refractivity contribution is 7.98. The van der Waals surface area contributed by atoms with Gasteiger partial charge in [0, 0.05) is 13.7 Å². The van der Waals surface area contributed by atoms with Crippen LogP contribution >= 0.6 is 11.8 Å². The Hall–Kier alpha value is -2.92. The minimum absolute atomic E-state index is 0.153. The average Bonchev–Trinajstić information content (AvgIpc) is 3.20. The van der Waals surface area contributed by atoms with Gasteiger partial charge in [-0.3, -0.25) is 10.1 Å². The van der Waals surface area contributed by atoms with Crippen LogP contribution in [0.2, 0.25) is 0 Å². The summed E-state index contributed by atoms with van der Waals surface area (Å²) < 4.78 is 15.0. The Kier molecular flexibility index (Phi) is 7.96. The van der Waals surface area contributed by atoms with Gasteiger partial charge >= 0.3 is 12.0 Å². The molecular weight excluding hydrogens is 388 g/mol. The van der Waals surface area contributed by atoms with Gasteiger partial charge in [-0.2, -0.15) is 0 Å². The number of esters is 1. The van der Waals surface area contributed by atoms with Gasteiger partial charge in [0.2, 0.25) is 0 Å². The second kappa shape index (κ2) is 10.4. The van der Waals surface area contributed by atoms with E-state index in [9.17, 15) is 14.4 Å². The summed E-state index contributed by atoms with van der Waals surface area (Å²) in [4.78, 5) is 44.2. The molecule has 2 aromatic rings. The fourth-order valence-corrected chi connectivity index (χ4v) is 2.74. The number of aromatic nitrogens is 2. The van der Waals surface area contributed by atoms with Gasteiger partial charge in [-0.1, -0.05) is 0 Å². The van der Waals surface area contributed by atoms with Crippen molar-refractivity contribution in [1.29, 1.82) is 0 Å². The maximum Gasteiger partial charge on any atom is 0.343 e. The summed E-state index contributed by atoms with van der Waals surface area (Å²) in [6.07, 6.45) is 3.25. The van der Waals surface area contributed by atoms with Crippen molar-refractivity contribution in [2.45, 2.75) is 11.9 Å². The van der Waals surface area contributed by atoms with Crippen molar-refractivity contribution in [1.82, 2.24) is 20.6 Å². The Morgan fingerprint density at radius 3 is 2.71 bits per heavy atom. The van der Waals surface area contributed by atoms with Crippen molar-refractivity contribution in [3.63, 3.8) is 0 Å². The third-order valence-corrected chi connectivity index (χ3v) is 4.06. The molecule has 0 aliphatic rings. The number of rotatable bonds is 8. The molecule has 0 aliphatic carbocycles. The number of nitrogens with one attached hydrogen (secondary N) is 2. The van der Waals surface area contributed by atoms with Gasteiger partial charge in [0.05, 0.1) is 18.6 Å². The summed E-state index contributed by atoms with van der Waals surface area (Å²) in [7, 11) is 1.49. The maximum absolute atomic E-state index is 12.4. The summed E-state index contributed by atoms with van der Waals surface area (Å²) in [5.74, 6) is -0.714.